The van der Waals surface area contributed by atoms with Crippen molar-refractivity contribution in [2.45, 2.75) is 45.4 Å². The zero-order valence-electron chi connectivity index (χ0n) is 14.9. The Morgan fingerprint density at radius 1 is 1.42 bits per heavy atom. The van der Waals surface area contributed by atoms with E-state index in [1.165, 1.54) is 0 Å². The van der Waals surface area contributed by atoms with Crippen LogP contribution in [0.4, 0.5) is 4.79 Å². The van der Waals surface area contributed by atoms with E-state index in [0.29, 0.717) is 11.6 Å². The number of nitrogens with one attached hydrogen (secondary N) is 1. The Kier molecular flexibility index (Phi) is 5.83. The number of carboxylic acid groups (broad SMARTS) is 1. The number of hydrogen-bond acceptors (Lipinski definition) is 3. The summed E-state index contributed by atoms with van der Waals surface area (Å²) in [5.41, 5.74) is 0.744. The summed E-state index contributed by atoms with van der Waals surface area (Å²) in [6, 6.07) is 4.23. The third-order valence-corrected chi connectivity index (χ3v) is 3.91. The number of carbonyl (C=O) groups is 2. The Morgan fingerprint density at radius 3 is 2.69 bits per heavy atom. The zero-order chi connectivity index (χ0) is 19.5. The Morgan fingerprint density at radius 2 is 2.12 bits per heavy atom. The SMILES string of the molecule is C#CCn1cc(C[C@H](NC(=O)OC(C)(C)C)C(=O)O)c2cccc(Cl)c21. The molecule has 138 valence electrons. The first kappa shape index (κ1) is 19.7. The van der Waals surface area contributed by atoms with Crippen LogP contribution in [0.2, 0.25) is 5.02 Å². The fraction of sp³-hybridized carbons (Fsp3) is 0.368. The molecule has 0 saturated carbocycles. The Balaban J connectivity index is 2.32. The van der Waals surface area contributed by atoms with E-state index < -0.39 is 23.7 Å². The van der Waals surface area contributed by atoms with Gasteiger partial charge in [-0.2, -0.15) is 0 Å². The molecule has 0 aliphatic rings. The Bertz CT molecular complexity index is 874. The minimum atomic E-state index is -1.16. The molecule has 1 aromatic carbocycles. The largest absolute Gasteiger partial charge is 0.480 e. The molecule has 2 aromatic rings. The fourth-order valence-electron chi connectivity index (χ4n) is 2.64. The van der Waals surface area contributed by atoms with Crippen LogP contribution in [0.3, 0.4) is 0 Å². The fourth-order valence-corrected chi connectivity index (χ4v) is 2.93. The van der Waals surface area contributed by atoms with E-state index in [2.05, 4.69) is 11.2 Å². The molecule has 2 rings (SSSR count). The molecule has 0 spiro atoms. The van der Waals surface area contributed by atoms with Crippen LogP contribution in [0.1, 0.15) is 26.3 Å². The molecule has 7 heteroatoms. The van der Waals surface area contributed by atoms with Gasteiger partial charge in [0.1, 0.15) is 11.6 Å². The number of amides is 1. The van der Waals surface area contributed by atoms with Crippen LogP contribution < -0.4 is 5.32 Å². The molecule has 0 unspecified atom stereocenters. The second kappa shape index (κ2) is 7.71. The Hall–Kier alpha value is -2.65. The number of aromatic nitrogens is 1. The average molecular weight is 377 g/mol. The quantitative estimate of drug-likeness (QED) is 0.783. The van der Waals surface area contributed by atoms with E-state index in [4.69, 9.17) is 22.8 Å². The van der Waals surface area contributed by atoms with E-state index in [0.717, 1.165) is 16.5 Å². The predicted molar refractivity (Wildman–Crippen MR) is 100 cm³/mol. The number of hydrogen-bond donors (Lipinski definition) is 2. The normalized spacial score (nSPS) is 12.4. The van der Waals surface area contributed by atoms with Gasteiger partial charge in [-0.1, -0.05) is 29.7 Å². The lowest BCUT2D eigenvalue weighted by atomic mass is 10.1. The van der Waals surface area contributed by atoms with Crippen LogP contribution in [0.25, 0.3) is 10.9 Å². The lowest BCUT2D eigenvalue weighted by Crippen LogP contribution is -2.44. The minimum Gasteiger partial charge on any atom is -0.480 e. The van der Waals surface area contributed by atoms with Crippen LogP contribution in [0, 0.1) is 12.3 Å². The number of halogens is 1. The van der Waals surface area contributed by atoms with E-state index in [1.54, 1.807) is 43.7 Å². The number of rotatable bonds is 5. The summed E-state index contributed by atoms with van der Waals surface area (Å²) in [5, 5.41) is 13.2. The summed E-state index contributed by atoms with van der Waals surface area (Å²) >= 11 is 6.27. The number of para-hydroxylation sites is 1. The van der Waals surface area contributed by atoms with Gasteiger partial charge < -0.3 is 19.7 Å². The average Bonchev–Trinajstić information content (AvgIpc) is 2.84. The van der Waals surface area contributed by atoms with Crippen molar-refractivity contribution in [1.82, 2.24) is 9.88 Å². The van der Waals surface area contributed by atoms with E-state index in [1.807, 2.05) is 6.07 Å². The topological polar surface area (TPSA) is 80.6 Å². The lowest BCUT2D eigenvalue weighted by molar-refractivity contribution is -0.139. The molecule has 1 heterocycles. The van der Waals surface area contributed by atoms with Crippen molar-refractivity contribution in [3.05, 3.63) is 35.0 Å². The van der Waals surface area contributed by atoms with Gasteiger partial charge in [0.25, 0.3) is 0 Å². The summed E-state index contributed by atoms with van der Waals surface area (Å²) in [5.74, 6) is 1.39. The minimum absolute atomic E-state index is 0.0724. The number of benzene rings is 1. The smallest absolute Gasteiger partial charge is 0.408 e. The maximum absolute atomic E-state index is 11.9. The number of carbonyl (C=O) groups excluding carboxylic acids is 1. The highest BCUT2D eigenvalue weighted by atomic mass is 35.5. The Labute approximate surface area is 157 Å². The molecule has 2 N–H and O–H groups in total. The molecule has 0 bridgehead atoms. The standard InChI is InChI=1S/C19H21ClN2O4/c1-5-9-22-11-12(13-7-6-8-14(20)16(13)22)10-15(17(23)24)21-18(25)26-19(2,3)4/h1,6-8,11,15H,9-10H2,2-4H3,(H,21,25)(H,23,24)/t15-/m0/s1. The van der Waals surface area contributed by atoms with Gasteiger partial charge in [0, 0.05) is 18.0 Å². The van der Waals surface area contributed by atoms with Gasteiger partial charge in [0.2, 0.25) is 0 Å². The number of terminal acetylenes is 1. The van der Waals surface area contributed by atoms with E-state index >= 15 is 0 Å². The molecule has 1 amide bonds. The highest BCUT2D eigenvalue weighted by Gasteiger charge is 2.25. The number of carboxylic acids is 1. The third-order valence-electron chi connectivity index (χ3n) is 3.61. The van der Waals surface area contributed by atoms with Crippen LogP contribution in [0.5, 0.6) is 0 Å². The van der Waals surface area contributed by atoms with Crippen molar-refractivity contribution in [3.8, 4) is 12.3 Å². The highest BCUT2D eigenvalue weighted by Crippen LogP contribution is 2.29. The first-order valence-corrected chi connectivity index (χ1v) is 8.42. The number of aliphatic carboxylic acids is 1. The van der Waals surface area contributed by atoms with Crippen LogP contribution in [0.15, 0.2) is 24.4 Å². The summed E-state index contributed by atoms with van der Waals surface area (Å²) in [6.45, 7) is 5.42. The second-order valence-corrected chi connectivity index (χ2v) is 7.27. The van der Waals surface area contributed by atoms with Crippen molar-refractivity contribution in [3.63, 3.8) is 0 Å². The van der Waals surface area contributed by atoms with Crippen molar-refractivity contribution < 1.29 is 19.4 Å². The second-order valence-electron chi connectivity index (χ2n) is 6.86. The summed E-state index contributed by atoms with van der Waals surface area (Å²) in [4.78, 5) is 23.5. The molecule has 0 saturated heterocycles. The van der Waals surface area contributed by atoms with Gasteiger partial charge in [0.15, 0.2) is 0 Å². The highest BCUT2D eigenvalue weighted by molar-refractivity contribution is 6.35. The van der Waals surface area contributed by atoms with Gasteiger partial charge in [-0.05, 0) is 32.4 Å². The molecule has 6 nitrogen and oxygen atoms in total. The van der Waals surface area contributed by atoms with Crippen LogP contribution in [-0.2, 0) is 22.5 Å². The van der Waals surface area contributed by atoms with Gasteiger partial charge in [0.05, 0.1) is 17.1 Å². The predicted octanol–water partition coefficient (Wildman–Crippen LogP) is 3.45. The number of nitrogens with zero attached hydrogens (tertiary/aromatic N) is 1. The monoisotopic (exact) mass is 376 g/mol. The molecular formula is C19H21ClN2O4. The molecule has 0 aliphatic heterocycles. The maximum Gasteiger partial charge on any atom is 0.408 e. The van der Waals surface area contributed by atoms with Crippen molar-refractivity contribution >= 4 is 34.6 Å². The van der Waals surface area contributed by atoms with Gasteiger partial charge in [-0.3, -0.25) is 0 Å². The molecule has 0 aliphatic carbocycles. The lowest BCUT2D eigenvalue weighted by Gasteiger charge is -2.22. The first-order valence-electron chi connectivity index (χ1n) is 8.04. The van der Waals surface area contributed by atoms with Crippen molar-refractivity contribution in [2.75, 3.05) is 0 Å². The summed E-state index contributed by atoms with van der Waals surface area (Å²) < 4.78 is 6.93. The molecule has 26 heavy (non-hydrogen) atoms. The molecule has 0 radical (unpaired) electrons. The molecule has 1 aromatic heterocycles. The zero-order valence-corrected chi connectivity index (χ0v) is 15.6. The van der Waals surface area contributed by atoms with Gasteiger partial charge in [-0.25, -0.2) is 9.59 Å². The van der Waals surface area contributed by atoms with Crippen molar-refractivity contribution in [2.24, 2.45) is 0 Å². The van der Waals surface area contributed by atoms with Gasteiger partial charge in [-0.15, -0.1) is 6.42 Å². The number of alkyl carbamates (subject to hydrolysis) is 1. The third kappa shape index (κ3) is 4.70. The number of ether oxygens (including phenoxy) is 1. The summed E-state index contributed by atoms with van der Waals surface area (Å²) in [6.07, 6.45) is 6.46. The summed E-state index contributed by atoms with van der Waals surface area (Å²) in [7, 11) is 0. The van der Waals surface area contributed by atoms with Crippen LogP contribution in [-0.4, -0.2) is 33.4 Å². The first-order chi connectivity index (χ1) is 12.1. The van der Waals surface area contributed by atoms with E-state index in [9.17, 15) is 14.7 Å². The number of fused-ring (bicyclic) bond motifs is 1. The van der Waals surface area contributed by atoms with Crippen molar-refractivity contribution in [1.29, 1.82) is 0 Å². The molecule has 0 fully saturated rings. The van der Waals surface area contributed by atoms with Gasteiger partial charge >= 0.3 is 12.1 Å². The maximum atomic E-state index is 11.9. The van der Waals surface area contributed by atoms with E-state index in [-0.39, 0.29) is 6.42 Å². The molecular weight excluding hydrogens is 356 g/mol. The molecule has 1 atom stereocenters. The van der Waals surface area contributed by atoms with Crippen LogP contribution >= 0.6 is 11.6 Å².